The highest BCUT2D eigenvalue weighted by molar-refractivity contribution is 5.95. The van der Waals surface area contributed by atoms with Crippen LogP contribution >= 0.6 is 0 Å². The van der Waals surface area contributed by atoms with Crippen molar-refractivity contribution in [1.82, 2.24) is 5.32 Å². The fraction of sp³-hybridized carbons (Fsp3) is 0.222. The molecule has 0 atom stereocenters. The van der Waals surface area contributed by atoms with E-state index in [1.165, 1.54) is 5.56 Å². The minimum atomic E-state index is -0.343. The van der Waals surface area contributed by atoms with E-state index in [-0.39, 0.29) is 12.0 Å². The molecule has 3 rings (SSSR count). The van der Waals surface area contributed by atoms with Gasteiger partial charge in [0.25, 0.3) is 5.91 Å². The molecule has 0 saturated carbocycles. The molecule has 0 aromatic heterocycles. The van der Waals surface area contributed by atoms with Crippen LogP contribution in [0.15, 0.2) is 54.6 Å². The van der Waals surface area contributed by atoms with E-state index in [0.717, 1.165) is 12.1 Å². The van der Waals surface area contributed by atoms with Gasteiger partial charge in [0.15, 0.2) is 0 Å². The third-order valence-corrected chi connectivity index (χ3v) is 3.74. The molecule has 5 nitrogen and oxygen atoms in total. The summed E-state index contributed by atoms with van der Waals surface area (Å²) in [6.45, 7) is 1.53. The van der Waals surface area contributed by atoms with Gasteiger partial charge in [-0.15, -0.1) is 0 Å². The average molecular weight is 310 g/mol. The summed E-state index contributed by atoms with van der Waals surface area (Å²) in [6, 6.07) is 17.0. The molecule has 5 heteroatoms. The Morgan fingerprint density at radius 3 is 2.48 bits per heavy atom. The lowest BCUT2D eigenvalue weighted by Gasteiger charge is -2.13. The fourth-order valence-electron chi connectivity index (χ4n) is 2.49. The lowest BCUT2D eigenvalue weighted by molar-refractivity contribution is 0.0954. The van der Waals surface area contributed by atoms with Crippen LogP contribution in [0.4, 0.5) is 10.5 Å². The van der Waals surface area contributed by atoms with Gasteiger partial charge in [-0.3, -0.25) is 9.69 Å². The van der Waals surface area contributed by atoms with Crippen LogP contribution in [-0.2, 0) is 11.2 Å². The quantitative estimate of drug-likeness (QED) is 0.923. The number of hydrogen-bond donors (Lipinski definition) is 1. The number of nitrogens with one attached hydrogen (secondary N) is 1. The second kappa shape index (κ2) is 6.96. The molecule has 0 unspecified atom stereocenters. The summed E-state index contributed by atoms with van der Waals surface area (Å²) >= 11 is 0. The lowest BCUT2D eigenvalue weighted by Crippen LogP contribution is -2.26. The first-order chi connectivity index (χ1) is 11.2. The Hall–Kier alpha value is -2.82. The number of rotatable bonds is 5. The van der Waals surface area contributed by atoms with Crippen molar-refractivity contribution in [2.75, 3.05) is 24.6 Å². The summed E-state index contributed by atoms with van der Waals surface area (Å²) in [5, 5.41) is 2.90. The van der Waals surface area contributed by atoms with Crippen LogP contribution in [0.25, 0.3) is 0 Å². The summed E-state index contributed by atoms with van der Waals surface area (Å²) in [5.41, 5.74) is 2.51. The molecule has 2 aromatic rings. The first-order valence-electron chi connectivity index (χ1n) is 7.60. The Bertz CT molecular complexity index is 683. The van der Waals surface area contributed by atoms with Crippen LogP contribution in [0.5, 0.6) is 0 Å². The van der Waals surface area contributed by atoms with Crippen molar-refractivity contribution < 1.29 is 14.3 Å². The molecule has 118 valence electrons. The summed E-state index contributed by atoms with van der Waals surface area (Å²) < 4.78 is 4.90. The van der Waals surface area contributed by atoms with E-state index in [4.69, 9.17) is 4.74 Å². The molecule has 1 aliphatic heterocycles. The van der Waals surface area contributed by atoms with E-state index < -0.39 is 0 Å². The highest BCUT2D eigenvalue weighted by Gasteiger charge is 2.23. The maximum absolute atomic E-state index is 12.1. The van der Waals surface area contributed by atoms with Gasteiger partial charge in [-0.05, 0) is 36.2 Å². The van der Waals surface area contributed by atoms with Gasteiger partial charge in [-0.2, -0.15) is 0 Å². The Morgan fingerprint density at radius 1 is 1.09 bits per heavy atom. The average Bonchev–Trinajstić information content (AvgIpc) is 3.02. The first kappa shape index (κ1) is 15.1. The first-order valence-corrected chi connectivity index (χ1v) is 7.60. The van der Waals surface area contributed by atoms with E-state index in [1.807, 2.05) is 30.3 Å². The number of hydrogen-bond acceptors (Lipinski definition) is 3. The van der Waals surface area contributed by atoms with Crippen molar-refractivity contribution in [1.29, 1.82) is 0 Å². The molecule has 1 saturated heterocycles. The minimum Gasteiger partial charge on any atom is -0.447 e. The van der Waals surface area contributed by atoms with Crippen molar-refractivity contribution in [2.45, 2.75) is 6.42 Å². The van der Waals surface area contributed by atoms with Gasteiger partial charge >= 0.3 is 6.09 Å². The van der Waals surface area contributed by atoms with Crippen molar-refractivity contribution in [2.24, 2.45) is 0 Å². The zero-order valence-electron chi connectivity index (χ0n) is 12.7. The fourth-order valence-corrected chi connectivity index (χ4v) is 2.49. The Labute approximate surface area is 134 Å². The number of anilines is 1. The second-order valence-corrected chi connectivity index (χ2v) is 5.30. The van der Waals surface area contributed by atoms with Crippen LogP contribution < -0.4 is 10.2 Å². The van der Waals surface area contributed by atoms with Crippen LogP contribution in [0, 0.1) is 0 Å². The maximum atomic E-state index is 12.1. The minimum absolute atomic E-state index is 0.114. The molecule has 1 N–H and O–H groups in total. The standard InChI is InChI=1S/C18H18N2O3/c21-17(19-11-10-14-4-2-1-3-5-14)15-6-8-16(9-7-15)20-12-13-23-18(20)22/h1-9H,10-13H2,(H,19,21). The Balaban J connectivity index is 1.54. The summed E-state index contributed by atoms with van der Waals surface area (Å²) in [4.78, 5) is 25.2. The van der Waals surface area contributed by atoms with E-state index in [2.05, 4.69) is 5.32 Å². The Kier molecular flexibility index (Phi) is 4.57. The van der Waals surface area contributed by atoms with Crippen molar-refractivity contribution >= 4 is 17.7 Å². The van der Waals surface area contributed by atoms with Crippen molar-refractivity contribution in [3.8, 4) is 0 Å². The van der Waals surface area contributed by atoms with Gasteiger partial charge in [0, 0.05) is 17.8 Å². The van der Waals surface area contributed by atoms with Gasteiger partial charge in [0.1, 0.15) is 6.61 Å². The second-order valence-electron chi connectivity index (χ2n) is 5.30. The van der Waals surface area contributed by atoms with Gasteiger partial charge in [0.05, 0.1) is 6.54 Å². The zero-order chi connectivity index (χ0) is 16.1. The van der Waals surface area contributed by atoms with E-state index >= 15 is 0 Å². The molecule has 0 spiro atoms. The number of nitrogens with zero attached hydrogens (tertiary/aromatic N) is 1. The van der Waals surface area contributed by atoms with Crippen LogP contribution in [0.3, 0.4) is 0 Å². The molecule has 2 aromatic carbocycles. The molecule has 0 aliphatic carbocycles. The van der Waals surface area contributed by atoms with E-state index in [1.54, 1.807) is 29.2 Å². The summed E-state index contributed by atoms with van der Waals surface area (Å²) in [6.07, 6.45) is 0.453. The molecule has 23 heavy (non-hydrogen) atoms. The highest BCUT2D eigenvalue weighted by atomic mass is 16.6. The molecule has 1 fully saturated rings. The number of benzene rings is 2. The summed E-state index contributed by atoms with van der Waals surface area (Å²) in [5.74, 6) is -0.114. The van der Waals surface area contributed by atoms with Crippen molar-refractivity contribution in [3.05, 3.63) is 65.7 Å². The molecule has 2 amide bonds. The molecular formula is C18H18N2O3. The predicted molar refractivity (Wildman–Crippen MR) is 87.6 cm³/mol. The van der Waals surface area contributed by atoms with Gasteiger partial charge in [0.2, 0.25) is 0 Å². The monoisotopic (exact) mass is 310 g/mol. The molecule has 0 radical (unpaired) electrons. The van der Waals surface area contributed by atoms with E-state index in [9.17, 15) is 9.59 Å². The van der Waals surface area contributed by atoms with E-state index in [0.29, 0.717) is 25.3 Å². The number of cyclic esters (lactones) is 1. The smallest absolute Gasteiger partial charge is 0.414 e. The van der Waals surface area contributed by atoms with Gasteiger partial charge in [-0.25, -0.2) is 4.79 Å². The van der Waals surface area contributed by atoms with Gasteiger partial charge < -0.3 is 10.1 Å². The molecule has 0 bridgehead atoms. The molecule has 1 aliphatic rings. The predicted octanol–water partition coefficient (Wildman–Crippen LogP) is 2.62. The molecule has 1 heterocycles. The van der Waals surface area contributed by atoms with Crippen LogP contribution in [0.1, 0.15) is 15.9 Å². The maximum Gasteiger partial charge on any atom is 0.414 e. The topological polar surface area (TPSA) is 58.6 Å². The number of ether oxygens (including phenoxy) is 1. The Morgan fingerprint density at radius 2 is 1.83 bits per heavy atom. The SMILES string of the molecule is O=C(NCCc1ccccc1)c1ccc(N2CCOC2=O)cc1. The normalized spacial score (nSPS) is 13.7. The van der Waals surface area contributed by atoms with Crippen LogP contribution in [0.2, 0.25) is 0 Å². The number of amides is 2. The lowest BCUT2D eigenvalue weighted by atomic mass is 10.1. The largest absolute Gasteiger partial charge is 0.447 e. The third kappa shape index (κ3) is 3.69. The zero-order valence-corrected chi connectivity index (χ0v) is 12.7. The number of carbonyl (C=O) groups excluding carboxylic acids is 2. The third-order valence-electron chi connectivity index (χ3n) is 3.74. The highest BCUT2D eigenvalue weighted by Crippen LogP contribution is 2.19. The molecular weight excluding hydrogens is 292 g/mol. The van der Waals surface area contributed by atoms with Crippen molar-refractivity contribution in [3.63, 3.8) is 0 Å². The van der Waals surface area contributed by atoms with Gasteiger partial charge in [-0.1, -0.05) is 30.3 Å². The summed E-state index contributed by atoms with van der Waals surface area (Å²) in [7, 11) is 0. The van der Waals surface area contributed by atoms with Crippen LogP contribution in [-0.4, -0.2) is 31.7 Å². The number of carbonyl (C=O) groups is 2.